The summed E-state index contributed by atoms with van der Waals surface area (Å²) in [6, 6.07) is 13.6. The van der Waals surface area contributed by atoms with Gasteiger partial charge in [-0.05, 0) is 37.0 Å². The minimum absolute atomic E-state index is 0.0178. The van der Waals surface area contributed by atoms with E-state index in [-0.39, 0.29) is 5.91 Å². The van der Waals surface area contributed by atoms with E-state index < -0.39 is 0 Å². The number of halogens is 1. The standard InChI is InChI=1S/C19H18ClN3O/c20-14-7-4-6-13(12-14)15-8-5-9-16-17(15)21-22-18(16)19(24)23-10-2-1-3-11-23/h4-9,12H,1-3,10-11H2,(H,21,22). The lowest BCUT2D eigenvalue weighted by molar-refractivity contribution is 0.0720. The van der Waals surface area contributed by atoms with Gasteiger partial charge in [-0.15, -0.1) is 0 Å². The highest BCUT2D eigenvalue weighted by atomic mass is 35.5. The molecule has 1 fully saturated rings. The Kier molecular flexibility index (Phi) is 3.98. The maximum Gasteiger partial charge on any atom is 0.274 e. The topological polar surface area (TPSA) is 49.0 Å². The zero-order valence-corrected chi connectivity index (χ0v) is 14.0. The predicted molar refractivity (Wildman–Crippen MR) is 96.3 cm³/mol. The molecule has 1 aliphatic heterocycles. The quantitative estimate of drug-likeness (QED) is 0.746. The highest BCUT2D eigenvalue weighted by Gasteiger charge is 2.23. The van der Waals surface area contributed by atoms with Crippen LogP contribution in [0.25, 0.3) is 22.0 Å². The first-order valence-corrected chi connectivity index (χ1v) is 8.64. The van der Waals surface area contributed by atoms with Crippen molar-refractivity contribution in [1.29, 1.82) is 0 Å². The van der Waals surface area contributed by atoms with Crippen molar-refractivity contribution in [2.24, 2.45) is 0 Å². The first-order chi connectivity index (χ1) is 11.7. The number of piperidine rings is 1. The molecular weight excluding hydrogens is 322 g/mol. The average Bonchev–Trinajstić information content (AvgIpc) is 3.06. The molecule has 4 nitrogen and oxygen atoms in total. The van der Waals surface area contributed by atoms with Crippen LogP contribution in [0.2, 0.25) is 5.02 Å². The van der Waals surface area contributed by atoms with Crippen LogP contribution >= 0.6 is 11.6 Å². The van der Waals surface area contributed by atoms with Crippen molar-refractivity contribution < 1.29 is 4.79 Å². The Bertz CT molecular complexity index is 897. The van der Waals surface area contributed by atoms with Crippen LogP contribution in [0.15, 0.2) is 42.5 Å². The van der Waals surface area contributed by atoms with Crippen molar-refractivity contribution in [3.05, 3.63) is 53.2 Å². The Labute approximate surface area is 145 Å². The van der Waals surface area contributed by atoms with E-state index in [4.69, 9.17) is 11.6 Å². The molecule has 1 saturated heterocycles. The number of aromatic nitrogens is 2. The number of fused-ring (bicyclic) bond motifs is 1. The van der Waals surface area contributed by atoms with Gasteiger partial charge in [0.25, 0.3) is 5.91 Å². The lowest BCUT2D eigenvalue weighted by atomic mass is 10.0. The fourth-order valence-electron chi connectivity index (χ4n) is 3.35. The smallest absolute Gasteiger partial charge is 0.274 e. The number of nitrogens with one attached hydrogen (secondary N) is 1. The van der Waals surface area contributed by atoms with E-state index in [9.17, 15) is 4.79 Å². The Morgan fingerprint density at radius 1 is 1.08 bits per heavy atom. The molecule has 0 bridgehead atoms. The van der Waals surface area contributed by atoms with Gasteiger partial charge in [0.05, 0.1) is 5.52 Å². The summed E-state index contributed by atoms with van der Waals surface area (Å²) in [5.41, 5.74) is 3.39. The molecule has 3 aromatic rings. The summed E-state index contributed by atoms with van der Waals surface area (Å²) in [6.45, 7) is 1.64. The largest absolute Gasteiger partial charge is 0.337 e. The van der Waals surface area contributed by atoms with Crippen molar-refractivity contribution in [2.75, 3.05) is 13.1 Å². The van der Waals surface area contributed by atoms with Crippen molar-refractivity contribution >= 4 is 28.4 Å². The molecule has 1 N–H and O–H groups in total. The summed E-state index contributed by atoms with van der Waals surface area (Å²) in [6.07, 6.45) is 3.34. The number of nitrogens with zero attached hydrogens (tertiary/aromatic N) is 2. The molecule has 122 valence electrons. The van der Waals surface area contributed by atoms with Gasteiger partial charge >= 0.3 is 0 Å². The number of H-pyrrole nitrogens is 1. The number of rotatable bonds is 2. The molecule has 0 atom stereocenters. The van der Waals surface area contributed by atoms with Gasteiger partial charge in [0.1, 0.15) is 0 Å². The van der Waals surface area contributed by atoms with Crippen molar-refractivity contribution in [2.45, 2.75) is 19.3 Å². The van der Waals surface area contributed by atoms with Crippen LogP contribution in [0.4, 0.5) is 0 Å². The number of carbonyl (C=O) groups is 1. The Balaban J connectivity index is 1.77. The van der Waals surface area contributed by atoms with Crippen molar-refractivity contribution in [1.82, 2.24) is 15.1 Å². The average molecular weight is 340 g/mol. The summed E-state index contributed by atoms with van der Waals surface area (Å²) in [7, 11) is 0. The van der Waals surface area contributed by atoms with Gasteiger partial charge in [-0.2, -0.15) is 5.10 Å². The fraction of sp³-hybridized carbons (Fsp3) is 0.263. The Hall–Kier alpha value is -2.33. The number of amides is 1. The number of hydrogen-bond acceptors (Lipinski definition) is 2. The second kappa shape index (κ2) is 6.29. The van der Waals surface area contributed by atoms with Crippen LogP contribution in [0.5, 0.6) is 0 Å². The number of likely N-dealkylation sites (tertiary alicyclic amines) is 1. The molecule has 2 heterocycles. The van der Waals surface area contributed by atoms with E-state index >= 15 is 0 Å². The van der Waals surface area contributed by atoms with Gasteiger partial charge in [-0.3, -0.25) is 9.89 Å². The molecule has 4 rings (SSSR count). The number of para-hydroxylation sites is 1. The zero-order valence-electron chi connectivity index (χ0n) is 13.3. The molecule has 1 aromatic heterocycles. The molecule has 0 aliphatic carbocycles. The fourth-order valence-corrected chi connectivity index (χ4v) is 3.54. The molecule has 0 spiro atoms. The lowest BCUT2D eigenvalue weighted by Crippen LogP contribution is -2.35. The van der Waals surface area contributed by atoms with Crippen molar-refractivity contribution in [3.63, 3.8) is 0 Å². The molecule has 1 aliphatic rings. The van der Waals surface area contributed by atoms with E-state index in [2.05, 4.69) is 10.2 Å². The van der Waals surface area contributed by atoms with Crippen LogP contribution < -0.4 is 0 Å². The summed E-state index contributed by atoms with van der Waals surface area (Å²) in [4.78, 5) is 14.7. The Morgan fingerprint density at radius 3 is 2.67 bits per heavy atom. The van der Waals surface area contributed by atoms with Crippen LogP contribution in [0.1, 0.15) is 29.8 Å². The van der Waals surface area contributed by atoms with Gasteiger partial charge in [0, 0.05) is 29.1 Å². The number of carbonyl (C=O) groups excluding carboxylic acids is 1. The monoisotopic (exact) mass is 339 g/mol. The molecule has 2 aromatic carbocycles. The minimum atomic E-state index is 0.0178. The van der Waals surface area contributed by atoms with Crippen LogP contribution in [-0.2, 0) is 0 Å². The van der Waals surface area contributed by atoms with Gasteiger partial charge < -0.3 is 4.90 Å². The summed E-state index contributed by atoms with van der Waals surface area (Å²) < 4.78 is 0. The summed E-state index contributed by atoms with van der Waals surface area (Å²) in [5.74, 6) is 0.0178. The Morgan fingerprint density at radius 2 is 1.88 bits per heavy atom. The van der Waals surface area contributed by atoms with Crippen molar-refractivity contribution in [3.8, 4) is 11.1 Å². The summed E-state index contributed by atoms with van der Waals surface area (Å²) in [5, 5.41) is 8.94. The zero-order chi connectivity index (χ0) is 16.5. The van der Waals surface area contributed by atoms with Crippen LogP contribution in [0.3, 0.4) is 0 Å². The SMILES string of the molecule is O=C(c1n[nH]c2c(-c3cccc(Cl)c3)cccc12)N1CCCCC1. The van der Waals surface area contributed by atoms with Crippen LogP contribution in [-0.4, -0.2) is 34.1 Å². The summed E-state index contributed by atoms with van der Waals surface area (Å²) >= 11 is 6.12. The van der Waals surface area contributed by atoms with Gasteiger partial charge in [-0.1, -0.05) is 41.9 Å². The minimum Gasteiger partial charge on any atom is -0.337 e. The third-order valence-electron chi connectivity index (χ3n) is 4.58. The number of benzene rings is 2. The molecule has 0 saturated carbocycles. The van der Waals surface area contributed by atoms with E-state index in [0.717, 1.165) is 48.0 Å². The van der Waals surface area contributed by atoms with E-state index in [1.165, 1.54) is 6.42 Å². The molecule has 1 amide bonds. The second-order valence-corrected chi connectivity index (χ2v) is 6.60. The molecular formula is C19H18ClN3O. The molecule has 0 radical (unpaired) electrons. The molecule has 0 unspecified atom stereocenters. The normalized spacial score (nSPS) is 15.0. The van der Waals surface area contributed by atoms with E-state index in [0.29, 0.717) is 10.7 Å². The van der Waals surface area contributed by atoms with Gasteiger partial charge in [0.2, 0.25) is 0 Å². The van der Waals surface area contributed by atoms with Crippen LogP contribution in [0, 0.1) is 0 Å². The lowest BCUT2D eigenvalue weighted by Gasteiger charge is -2.25. The highest BCUT2D eigenvalue weighted by Crippen LogP contribution is 2.30. The van der Waals surface area contributed by atoms with E-state index in [1.54, 1.807) is 0 Å². The molecule has 24 heavy (non-hydrogen) atoms. The highest BCUT2D eigenvalue weighted by molar-refractivity contribution is 6.30. The second-order valence-electron chi connectivity index (χ2n) is 6.16. The third-order valence-corrected chi connectivity index (χ3v) is 4.82. The maximum atomic E-state index is 12.8. The number of aromatic amines is 1. The van der Waals surface area contributed by atoms with E-state index in [1.807, 2.05) is 47.4 Å². The maximum absolute atomic E-state index is 12.8. The predicted octanol–water partition coefficient (Wildman–Crippen LogP) is 4.51. The van der Waals surface area contributed by atoms with Gasteiger partial charge in [-0.25, -0.2) is 0 Å². The third kappa shape index (κ3) is 2.67. The first-order valence-electron chi connectivity index (χ1n) is 8.26. The first kappa shape index (κ1) is 15.2. The number of hydrogen-bond donors (Lipinski definition) is 1. The van der Waals surface area contributed by atoms with Gasteiger partial charge in [0.15, 0.2) is 5.69 Å². The molecule has 5 heteroatoms.